The number of aromatic nitrogens is 4. The summed E-state index contributed by atoms with van der Waals surface area (Å²) in [5.41, 5.74) is -1.09. The number of hydrogen-bond donors (Lipinski definition) is 1. The summed E-state index contributed by atoms with van der Waals surface area (Å²) in [5.74, 6) is 0. The van der Waals surface area contributed by atoms with Crippen molar-refractivity contribution in [1.29, 1.82) is 0 Å². The van der Waals surface area contributed by atoms with Gasteiger partial charge >= 0.3 is 5.69 Å². The number of nitro benzene ring substituents is 1. The Morgan fingerprint density at radius 2 is 1.77 bits per heavy atom. The van der Waals surface area contributed by atoms with E-state index in [1.54, 1.807) is 0 Å². The fourth-order valence-corrected chi connectivity index (χ4v) is 1.97. The van der Waals surface area contributed by atoms with Crippen molar-refractivity contribution in [3.63, 3.8) is 0 Å². The topological polar surface area (TPSA) is 150 Å². The van der Waals surface area contributed by atoms with Crippen LogP contribution in [0.4, 0.5) is 11.4 Å². The second-order valence-electron chi connectivity index (χ2n) is 4.23. The molecule has 0 aliphatic rings. The first-order chi connectivity index (χ1) is 10.5. The Bertz CT molecular complexity index is 957. The van der Waals surface area contributed by atoms with Gasteiger partial charge in [0.25, 0.3) is 11.2 Å². The standard InChI is InChI=1S/C11H6N6O5/c18-11-9-10(8(5-12-11)17(21)22)15(14-13-9)6-1-3-7(4-2-6)16(19)20/h1-5H,(H,12,18). The SMILES string of the molecule is O=c1[nH]cc([N+](=O)[O-])c2c1nnn2-c1ccc([N+](=O)[O-])cc1. The van der Waals surface area contributed by atoms with E-state index in [0.29, 0.717) is 5.69 Å². The van der Waals surface area contributed by atoms with Gasteiger partial charge in [-0.1, -0.05) is 5.21 Å². The Labute approximate surface area is 120 Å². The lowest BCUT2D eigenvalue weighted by Gasteiger charge is -2.02. The molecule has 110 valence electrons. The summed E-state index contributed by atoms with van der Waals surface area (Å²) in [6.07, 6.45) is 0.954. The van der Waals surface area contributed by atoms with Crippen LogP contribution in [0.1, 0.15) is 0 Å². The van der Waals surface area contributed by atoms with E-state index in [1.807, 2.05) is 0 Å². The number of benzene rings is 1. The van der Waals surface area contributed by atoms with Gasteiger partial charge in [0.2, 0.25) is 0 Å². The normalized spacial score (nSPS) is 10.7. The smallest absolute Gasteiger partial charge is 0.313 e. The summed E-state index contributed by atoms with van der Waals surface area (Å²) in [5, 5.41) is 29.1. The van der Waals surface area contributed by atoms with Gasteiger partial charge < -0.3 is 4.98 Å². The fraction of sp³-hybridized carbons (Fsp3) is 0. The number of aromatic amines is 1. The van der Waals surface area contributed by atoms with Gasteiger partial charge in [0.05, 0.1) is 21.7 Å². The molecule has 0 unspecified atom stereocenters. The number of rotatable bonds is 3. The van der Waals surface area contributed by atoms with E-state index in [2.05, 4.69) is 15.3 Å². The molecule has 0 saturated carbocycles. The third kappa shape index (κ3) is 1.96. The van der Waals surface area contributed by atoms with Gasteiger partial charge in [-0.2, -0.15) is 0 Å². The summed E-state index contributed by atoms with van der Waals surface area (Å²) < 4.78 is 1.09. The highest BCUT2D eigenvalue weighted by Gasteiger charge is 2.22. The van der Waals surface area contributed by atoms with Crippen molar-refractivity contribution in [2.24, 2.45) is 0 Å². The third-order valence-electron chi connectivity index (χ3n) is 2.97. The maximum atomic E-state index is 11.7. The molecule has 22 heavy (non-hydrogen) atoms. The summed E-state index contributed by atoms with van der Waals surface area (Å²) in [6, 6.07) is 5.16. The number of nitrogens with zero attached hydrogens (tertiary/aromatic N) is 5. The number of H-pyrrole nitrogens is 1. The molecular weight excluding hydrogens is 296 g/mol. The van der Waals surface area contributed by atoms with Gasteiger partial charge in [-0.3, -0.25) is 25.0 Å². The van der Waals surface area contributed by atoms with Crippen LogP contribution in [0.3, 0.4) is 0 Å². The molecule has 11 heteroatoms. The van der Waals surface area contributed by atoms with Crippen LogP contribution in [-0.2, 0) is 0 Å². The third-order valence-corrected chi connectivity index (χ3v) is 2.97. The van der Waals surface area contributed by atoms with Crippen LogP contribution < -0.4 is 5.56 Å². The molecule has 3 rings (SSSR count). The second kappa shape index (κ2) is 4.73. The van der Waals surface area contributed by atoms with Crippen LogP contribution in [0.15, 0.2) is 35.3 Å². The second-order valence-corrected chi connectivity index (χ2v) is 4.23. The molecule has 2 heterocycles. The molecule has 0 bridgehead atoms. The first-order valence-electron chi connectivity index (χ1n) is 5.85. The zero-order valence-electron chi connectivity index (χ0n) is 10.7. The number of hydrogen-bond acceptors (Lipinski definition) is 7. The average molecular weight is 302 g/mol. The first kappa shape index (κ1) is 13.4. The summed E-state index contributed by atoms with van der Waals surface area (Å²) in [4.78, 5) is 34.3. The minimum atomic E-state index is -0.677. The Morgan fingerprint density at radius 1 is 1.09 bits per heavy atom. The van der Waals surface area contributed by atoms with E-state index in [9.17, 15) is 25.0 Å². The molecule has 0 saturated heterocycles. The van der Waals surface area contributed by atoms with Crippen LogP contribution >= 0.6 is 0 Å². The molecule has 0 atom stereocenters. The van der Waals surface area contributed by atoms with Gasteiger partial charge in [-0.05, 0) is 12.1 Å². The molecule has 0 aliphatic carbocycles. The lowest BCUT2D eigenvalue weighted by atomic mass is 10.2. The predicted molar refractivity (Wildman–Crippen MR) is 72.8 cm³/mol. The van der Waals surface area contributed by atoms with E-state index in [-0.39, 0.29) is 22.4 Å². The number of nitrogens with one attached hydrogen (secondary N) is 1. The lowest BCUT2D eigenvalue weighted by Crippen LogP contribution is -2.08. The molecule has 11 nitrogen and oxygen atoms in total. The van der Waals surface area contributed by atoms with Crippen molar-refractivity contribution in [3.05, 3.63) is 61.0 Å². The summed E-state index contributed by atoms with van der Waals surface area (Å²) in [6.45, 7) is 0. The van der Waals surface area contributed by atoms with Crippen molar-refractivity contribution in [1.82, 2.24) is 20.0 Å². The number of non-ortho nitro benzene ring substituents is 1. The van der Waals surface area contributed by atoms with Gasteiger partial charge in [0.1, 0.15) is 0 Å². The molecule has 0 spiro atoms. The number of nitro groups is 2. The predicted octanol–water partition coefficient (Wildman–Crippen LogP) is 0.925. The zero-order chi connectivity index (χ0) is 15.9. The van der Waals surface area contributed by atoms with Gasteiger partial charge in [-0.25, -0.2) is 4.68 Å². The molecule has 2 aromatic heterocycles. The van der Waals surface area contributed by atoms with E-state index < -0.39 is 15.4 Å². The van der Waals surface area contributed by atoms with E-state index in [0.717, 1.165) is 10.9 Å². The molecule has 1 aromatic carbocycles. The van der Waals surface area contributed by atoms with Crippen LogP contribution in [0.5, 0.6) is 0 Å². The zero-order valence-corrected chi connectivity index (χ0v) is 10.7. The molecule has 0 fully saturated rings. The monoisotopic (exact) mass is 302 g/mol. The minimum absolute atomic E-state index is 0.0809. The highest BCUT2D eigenvalue weighted by molar-refractivity contribution is 5.84. The fourth-order valence-electron chi connectivity index (χ4n) is 1.97. The number of pyridine rings is 1. The quantitative estimate of drug-likeness (QED) is 0.558. The molecule has 0 aliphatic heterocycles. The molecule has 0 radical (unpaired) electrons. The van der Waals surface area contributed by atoms with Crippen LogP contribution in [0.25, 0.3) is 16.7 Å². The Hall–Kier alpha value is -3.63. The summed E-state index contributed by atoms with van der Waals surface area (Å²) in [7, 11) is 0. The van der Waals surface area contributed by atoms with Crippen molar-refractivity contribution in [2.75, 3.05) is 0 Å². The Morgan fingerprint density at radius 3 is 2.36 bits per heavy atom. The minimum Gasteiger partial charge on any atom is -0.321 e. The number of fused-ring (bicyclic) bond motifs is 1. The van der Waals surface area contributed by atoms with Crippen molar-refractivity contribution in [3.8, 4) is 5.69 Å². The average Bonchev–Trinajstić information content (AvgIpc) is 2.93. The maximum absolute atomic E-state index is 11.7. The molecule has 1 N–H and O–H groups in total. The van der Waals surface area contributed by atoms with E-state index in [1.165, 1.54) is 24.3 Å². The molecule has 3 aromatic rings. The largest absolute Gasteiger partial charge is 0.321 e. The van der Waals surface area contributed by atoms with Crippen molar-refractivity contribution in [2.45, 2.75) is 0 Å². The lowest BCUT2D eigenvalue weighted by molar-refractivity contribution is -0.384. The van der Waals surface area contributed by atoms with Crippen LogP contribution in [0, 0.1) is 20.2 Å². The van der Waals surface area contributed by atoms with Gasteiger partial charge in [-0.15, -0.1) is 5.10 Å². The maximum Gasteiger partial charge on any atom is 0.313 e. The van der Waals surface area contributed by atoms with E-state index >= 15 is 0 Å². The summed E-state index contributed by atoms with van der Waals surface area (Å²) >= 11 is 0. The van der Waals surface area contributed by atoms with E-state index in [4.69, 9.17) is 0 Å². The highest BCUT2D eigenvalue weighted by atomic mass is 16.6. The van der Waals surface area contributed by atoms with Crippen LogP contribution in [-0.4, -0.2) is 29.8 Å². The van der Waals surface area contributed by atoms with Gasteiger partial charge in [0.15, 0.2) is 11.0 Å². The Balaban J connectivity index is 2.27. The van der Waals surface area contributed by atoms with Crippen molar-refractivity contribution < 1.29 is 9.85 Å². The highest BCUT2D eigenvalue weighted by Crippen LogP contribution is 2.24. The van der Waals surface area contributed by atoms with Crippen LogP contribution in [0.2, 0.25) is 0 Å². The van der Waals surface area contributed by atoms with Crippen molar-refractivity contribution >= 4 is 22.4 Å². The molecule has 0 amide bonds. The first-order valence-corrected chi connectivity index (χ1v) is 5.85. The van der Waals surface area contributed by atoms with Gasteiger partial charge in [0, 0.05) is 12.1 Å². The molecular formula is C11H6N6O5. The Kier molecular flexibility index (Phi) is 2.87.